The summed E-state index contributed by atoms with van der Waals surface area (Å²) in [4.78, 5) is 23.1. The van der Waals surface area contributed by atoms with Crippen LogP contribution in [-0.4, -0.2) is 18.4 Å². The Morgan fingerprint density at radius 1 is 1.17 bits per heavy atom. The second-order valence-corrected chi connectivity index (χ2v) is 4.45. The van der Waals surface area contributed by atoms with Crippen molar-refractivity contribution in [3.05, 3.63) is 29.8 Å². The van der Waals surface area contributed by atoms with Crippen molar-refractivity contribution in [2.75, 3.05) is 11.9 Å². The molecule has 0 radical (unpaired) electrons. The number of para-hydroxylation sites is 1. The SMILES string of the molecule is CCCNC(=O)C(=O)Nc1ccccc1C(C)C. The van der Waals surface area contributed by atoms with Gasteiger partial charge in [-0.3, -0.25) is 9.59 Å². The summed E-state index contributed by atoms with van der Waals surface area (Å²) in [5.41, 5.74) is 1.72. The Kier molecular flexibility index (Phi) is 5.36. The molecule has 0 saturated heterocycles. The lowest BCUT2D eigenvalue weighted by atomic mass is 10.0. The standard InChI is InChI=1S/C14H20N2O2/c1-4-9-15-13(17)14(18)16-12-8-6-5-7-11(12)10(2)3/h5-8,10H,4,9H2,1-3H3,(H,15,17)(H,16,18). The first kappa shape index (κ1) is 14.2. The van der Waals surface area contributed by atoms with Crippen molar-refractivity contribution < 1.29 is 9.59 Å². The third-order valence-corrected chi connectivity index (χ3v) is 2.57. The van der Waals surface area contributed by atoms with Crippen LogP contribution in [0.4, 0.5) is 5.69 Å². The third-order valence-electron chi connectivity index (χ3n) is 2.57. The minimum Gasteiger partial charge on any atom is -0.348 e. The van der Waals surface area contributed by atoms with Gasteiger partial charge in [0.1, 0.15) is 0 Å². The molecule has 0 heterocycles. The third kappa shape index (κ3) is 3.87. The van der Waals surface area contributed by atoms with E-state index in [0.717, 1.165) is 12.0 Å². The number of hydrogen-bond donors (Lipinski definition) is 2. The van der Waals surface area contributed by atoms with Crippen LogP contribution < -0.4 is 10.6 Å². The fourth-order valence-electron chi connectivity index (χ4n) is 1.61. The molecule has 0 saturated carbocycles. The maximum Gasteiger partial charge on any atom is 0.313 e. The molecule has 0 fully saturated rings. The molecule has 0 aliphatic rings. The number of rotatable bonds is 4. The van der Waals surface area contributed by atoms with Crippen molar-refractivity contribution in [3.8, 4) is 0 Å². The molecule has 0 bridgehead atoms. The molecule has 18 heavy (non-hydrogen) atoms. The fourth-order valence-corrected chi connectivity index (χ4v) is 1.61. The van der Waals surface area contributed by atoms with E-state index in [2.05, 4.69) is 10.6 Å². The first-order chi connectivity index (χ1) is 8.56. The van der Waals surface area contributed by atoms with E-state index in [1.807, 2.05) is 39.0 Å². The van der Waals surface area contributed by atoms with Gasteiger partial charge in [-0.15, -0.1) is 0 Å². The molecule has 98 valence electrons. The van der Waals surface area contributed by atoms with Gasteiger partial charge in [-0.25, -0.2) is 0 Å². The number of amides is 2. The molecular weight excluding hydrogens is 228 g/mol. The van der Waals surface area contributed by atoms with E-state index in [1.54, 1.807) is 6.07 Å². The topological polar surface area (TPSA) is 58.2 Å². The lowest BCUT2D eigenvalue weighted by Gasteiger charge is -2.13. The highest BCUT2D eigenvalue weighted by Gasteiger charge is 2.15. The second kappa shape index (κ2) is 6.79. The van der Waals surface area contributed by atoms with Gasteiger partial charge in [0.25, 0.3) is 0 Å². The molecule has 0 aliphatic heterocycles. The van der Waals surface area contributed by atoms with Crippen LogP contribution in [0.1, 0.15) is 38.7 Å². The summed E-state index contributed by atoms with van der Waals surface area (Å²) in [5, 5.41) is 5.20. The van der Waals surface area contributed by atoms with Crippen LogP contribution in [0.25, 0.3) is 0 Å². The van der Waals surface area contributed by atoms with E-state index < -0.39 is 11.8 Å². The summed E-state index contributed by atoms with van der Waals surface area (Å²) < 4.78 is 0. The van der Waals surface area contributed by atoms with E-state index in [-0.39, 0.29) is 0 Å². The summed E-state index contributed by atoms with van der Waals surface area (Å²) in [6, 6.07) is 7.51. The number of nitrogens with one attached hydrogen (secondary N) is 2. The smallest absolute Gasteiger partial charge is 0.313 e. The van der Waals surface area contributed by atoms with Gasteiger partial charge in [-0.2, -0.15) is 0 Å². The summed E-state index contributed by atoms with van der Waals surface area (Å²) in [6.07, 6.45) is 0.807. The van der Waals surface area contributed by atoms with Crippen LogP contribution in [0, 0.1) is 0 Å². The van der Waals surface area contributed by atoms with Crippen molar-refractivity contribution in [1.82, 2.24) is 5.32 Å². The van der Waals surface area contributed by atoms with Gasteiger partial charge >= 0.3 is 11.8 Å². The summed E-state index contributed by atoms with van der Waals surface area (Å²) in [7, 11) is 0. The highest BCUT2D eigenvalue weighted by molar-refractivity contribution is 6.39. The van der Waals surface area contributed by atoms with Crippen molar-refractivity contribution in [2.24, 2.45) is 0 Å². The molecule has 4 heteroatoms. The number of anilines is 1. The largest absolute Gasteiger partial charge is 0.348 e. The van der Waals surface area contributed by atoms with Crippen LogP contribution >= 0.6 is 0 Å². The van der Waals surface area contributed by atoms with Gasteiger partial charge in [0, 0.05) is 12.2 Å². The Hall–Kier alpha value is -1.84. The fraction of sp³-hybridized carbons (Fsp3) is 0.429. The Bertz CT molecular complexity index is 428. The average molecular weight is 248 g/mol. The first-order valence-corrected chi connectivity index (χ1v) is 6.24. The van der Waals surface area contributed by atoms with E-state index in [1.165, 1.54) is 0 Å². The molecule has 2 amide bonds. The number of hydrogen-bond acceptors (Lipinski definition) is 2. The molecule has 0 aromatic heterocycles. The molecule has 1 aromatic carbocycles. The molecule has 1 rings (SSSR count). The quantitative estimate of drug-likeness (QED) is 0.803. The van der Waals surface area contributed by atoms with E-state index >= 15 is 0 Å². The summed E-state index contributed by atoms with van der Waals surface area (Å²) >= 11 is 0. The number of carbonyl (C=O) groups is 2. The van der Waals surface area contributed by atoms with Gasteiger partial charge in [-0.1, -0.05) is 39.0 Å². The lowest BCUT2D eigenvalue weighted by molar-refractivity contribution is -0.136. The van der Waals surface area contributed by atoms with Gasteiger partial charge in [-0.05, 0) is 24.0 Å². The zero-order valence-corrected chi connectivity index (χ0v) is 11.1. The van der Waals surface area contributed by atoms with Crippen molar-refractivity contribution in [1.29, 1.82) is 0 Å². The molecule has 0 atom stereocenters. The highest BCUT2D eigenvalue weighted by Crippen LogP contribution is 2.23. The molecule has 0 aliphatic carbocycles. The minimum atomic E-state index is -0.614. The van der Waals surface area contributed by atoms with Gasteiger partial charge in [0.05, 0.1) is 0 Å². The Morgan fingerprint density at radius 2 is 1.83 bits per heavy atom. The zero-order valence-electron chi connectivity index (χ0n) is 11.1. The first-order valence-electron chi connectivity index (χ1n) is 6.24. The number of benzene rings is 1. The van der Waals surface area contributed by atoms with Crippen molar-refractivity contribution in [3.63, 3.8) is 0 Å². The maximum atomic E-state index is 11.7. The van der Waals surface area contributed by atoms with Gasteiger partial charge in [0.2, 0.25) is 0 Å². The molecule has 2 N–H and O–H groups in total. The van der Waals surface area contributed by atoms with Crippen LogP contribution in [-0.2, 0) is 9.59 Å². The molecule has 4 nitrogen and oxygen atoms in total. The van der Waals surface area contributed by atoms with Crippen molar-refractivity contribution >= 4 is 17.5 Å². The lowest BCUT2D eigenvalue weighted by Crippen LogP contribution is -2.35. The van der Waals surface area contributed by atoms with Crippen LogP contribution in [0.5, 0.6) is 0 Å². The maximum absolute atomic E-state index is 11.7. The Balaban J connectivity index is 2.73. The van der Waals surface area contributed by atoms with Crippen LogP contribution in [0.15, 0.2) is 24.3 Å². The predicted octanol–water partition coefficient (Wildman–Crippen LogP) is 2.27. The van der Waals surface area contributed by atoms with E-state index in [9.17, 15) is 9.59 Å². The molecule has 1 aromatic rings. The van der Waals surface area contributed by atoms with Gasteiger partial charge in [0.15, 0.2) is 0 Å². The predicted molar refractivity (Wildman–Crippen MR) is 72.5 cm³/mol. The zero-order chi connectivity index (χ0) is 13.5. The minimum absolute atomic E-state index is 0.292. The summed E-state index contributed by atoms with van der Waals surface area (Å²) in [5.74, 6) is -0.910. The molecular formula is C14H20N2O2. The highest BCUT2D eigenvalue weighted by atomic mass is 16.2. The molecule has 0 unspecified atom stereocenters. The van der Waals surface area contributed by atoms with Crippen LogP contribution in [0.3, 0.4) is 0 Å². The normalized spacial score (nSPS) is 10.2. The second-order valence-electron chi connectivity index (χ2n) is 4.45. The van der Waals surface area contributed by atoms with Gasteiger partial charge < -0.3 is 10.6 Å². The number of carbonyl (C=O) groups excluding carboxylic acids is 2. The Labute approximate surface area is 108 Å². The van der Waals surface area contributed by atoms with Crippen molar-refractivity contribution in [2.45, 2.75) is 33.1 Å². The van der Waals surface area contributed by atoms with Crippen LogP contribution in [0.2, 0.25) is 0 Å². The summed E-state index contributed by atoms with van der Waals surface area (Å²) in [6.45, 7) is 6.54. The van der Waals surface area contributed by atoms with E-state index in [4.69, 9.17) is 0 Å². The molecule has 0 spiro atoms. The monoisotopic (exact) mass is 248 g/mol. The average Bonchev–Trinajstić information content (AvgIpc) is 2.36. The van der Waals surface area contributed by atoms with E-state index in [0.29, 0.717) is 18.2 Å². The Morgan fingerprint density at radius 3 is 2.44 bits per heavy atom.